The van der Waals surface area contributed by atoms with E-state index in [0.29, 0.717) is 13.0 Å². The number of hydrogen-bond donors (Lipinski definition) is 1. The second-order valence-electron chi connectivity index (χ2n) is 3.20. The van der Waals surface area contributed by atoms with Crippen LogP contribution in [0, 0.1) is 0 Å². The zero-order chi connectivity index (χ0) is 9.42. The molecule has 2 heterocycles. The van der Waals surface area contributed by atoms with Gasteiger partial charge in [0.1, 0.15) is 5.82 Å². The first-order valence-corrected chi connectivity index (χ1v) is 4.25. The minimum absolute atomic E-state index is 0.0424. The van der Waals surface area contributed by atoms with Crippen molar-refractivity contribution in [2.45, 2.75) is 19.0 Å². The highest BCUT2D eigenvalue weighted by molar-refractivity contribution is 5.96. The number of fused-ring (bicyclic) bond motifs is 1. The predicted octanol–water partition coefficient (Wildman–Crippen LogP) is -0.423. The summed E-state index contributed by atoms with van der Waals surface area (Å²) in [5.74, 6) is 0.775. The fourth-order valence-electron chi connectivity index (χ4n) is 1.53. The summed E-state index contributed by atoms with van der Waals surface area (Å²) in [5.41, 5.74) is 5.67. The minimum atomic E-state index is -0.397. The lowest BCUT2D eigenvalue weighted by atomic mass is 10.2. The Morgan fingerprint density at radius 1 is 1.69 bits per heavy atom. The molecule has 5 heteroatoms. The first-order valence-electron chi connectivity index (χ1n) is 4.25. The van der Waals surface area contributed by atoms with Gasteiger partial charge in [0, 0.05) is 19.7 Å². The van der Waals surface area contributed by atoms with Gasteiger partial charge in [-0.2, -0.15) is 5.10 Å². The number of carbonyl (C=O) groups is 1. The van der Waals surface area contributed by atoms with E-state index in [0.717, 1.165) is 5.82 Å². The Kier molecular flexibility index (Phi) is 1.81. The zero-order valence-electron chi connectivity index (χ0n) is 7.47. The second kappa shape index (κ2) is 2.85. The molecule has 0 saturated carbocycles. The van der Waals surface area contributed by atoms with E-state index in [9.17, 15) is 4.79 Å². The molecule has 1 amide bonds. The molecule has 1 aliphatic rings. The van der Waals surface area contributed by atoms with E-state index in [1.807, 2.05) is 6.07 Å². The lowest BCUT2D eigenvalue weighted by molar-refractivity contribution is -0.119. The molecule has 0 aromatic carbocycles. The zero-order valence-corrected chi connectivity index (χ0v) is 7.47. The summed E-state index contributed by atoms with van der Waals surface area (Å²) in [7, 11) is 1.72. The molecule has 2 N–H and O–H groups in total. The van der Waals surface area contributed by atoms with Crippen LogP contribution in [0.4, 0.5) is 5.82 Å². The fourth-order valence-corrected chi connectivity index (χ4v) is 1.53. The molecular formula is C8H12N4O. The Morgan fingerprint density at radius 2 is 2.46 bits per heavy atom. The second-order valence-corrected chi connectivity index (χ2v) is 3.20. The van der Waals surface area contributed by atoms with Crippen LogP contribution < -0.4 is 10.6 Å². The Bertz CT molecular complexity index is 333. The third-order valence-electron chi connectivity index (χ3n) is 2.34. The maximum Gasteiger partial charge on any atom is 0.244 e. The van der Waals surface area contributed by atoms with Crippen LogP contribution in [0.15, 0.2) is 12.3 Å². The highest BCUT2D eigenvalue weighted by Crippen LogP contribution is 2.17. The van der Waals surface area contributed by atoms with E-state index in [1.165, 1.54) is 0 Å². The monoisotopic (exact) mass is 180 g/mol. The molecule has 1 atom stereocenters. The Balaban J connectivity index is 2.40. The van der Waals surface area contributed by atoms with Gasteiger partial charge in [0.25, 0.3) is 0 Å². The van der Waals surface area contributed by atoms with E-state index in [2.05, 4.69) is 5.10 Å². The summed E-state index contributed by atoms with van der Waals surface area (Å²) in [6.45, 7) is 0.708. The van der Waals surface area contributed by atoms with E-state index >= 15 is 0 Å². The molecule has 70 valence electrons. The SMILES string of the molecule is CN1C(=O)C(N)CCn2nccc21. The maximum atomic E-state index is 11.6. The van der Waals surface area contributed by atoms with Gasteiger partial charge in [-0.1, -0.05) is 0 Å². The van der Waals surface area contributed by atoms with Crippen molar-refractivity contribution in [1.82, 2.24) is 9.78 Å². The molecule has 13 heavy (non-hydrogen) atoms. The number of aromatic nitrogens is 2. The Morgan fingerprint density at radius 3 is 3.23 bits per heavy atom. The van der Waals surface area contributed by atoms with Crippen LogP contribution in [0.5, 0.6) is 0 Å². The molecule has 0 aliphatic carbocycles. The Hall–Kier alpha value is -1.36. The van der Waals surface area contributed by atoms with E-state index in [1.54, 1.807) is 22.8 Å². The third kappa shape index (κ3) is 1.21. The smallest absolute Gasteiger partial charge is 0.244 e. The number of aryl methyl sites for hydroxylation is 1. The fraction of sp³-hybridized carbons (Fsp3) is 0.500. The highest BCUT2D eigenvalue weighted by atomic mass is 16.2. The number of nitrogens with two attached hydrogens (primary N) is 1. The van der Waals surface area contributed by atoms with Gasteiger partial charge in [-0.15, -0.1) is 0 Å². The molecule has 0 spiro atoms. The largest absolute Gasteiger partial charge is 0.320 e. The van der Waals surface area contributed by atoms with Crippen LogP contribution in [0.2, 0.25) is 0 Å². The summed E-state index contributed by atoms with van der Waals surface area (Å²) in [6, 6.07) is 1.42. The van der Waals surface area contributed by atoms with Crippen molar-refractivity contribution in [3.8, 4) is 0 Å². The molecule has 0 radical (unpaired) electrons. The van der Waals surface area contributed by atoms with Crippen LogP contribution in [-0.2, 0) is 11.3 Å². The number of carbonyl (C=O) groups excluding carboxylic acids is 1. The molecule has 0 bridgehead atoms. The molecule has 1 aromatic heterocycles. The van der Waals surface area contributed by atoms with Crippen molar-refractivity contribution >= 4 is 11.7 Å². The van der Waals surface area contributed by atoms with Gasteiger partial charge in [0.2, 0.25) is 5.91 Å². The lowest BCUT2D eigenvalue weighted by Gasteiger charge is -2.16. The van der Waals surface area contributed by atoms with E-state index in [4.69, 9.17) is 5.73 Å². The van der Waals surface area contributed by atoms with Gasteiger partial charge in [-0.05, 0) is 6.42 Å². The molecule has 1 unspecified atom stereocenters. The molecular weight excluding hydrogens is 168 g/mol. The average Bonchev–Trinajstić information content (AvgIpc) is 2.56. The third-order valence-corrected chi connectivity index (χ3v) is 2.34. The molecule has 1 aliphatic heterocycles. The van der Waals surface area contributed by atoms with E-state index in [-0.39, 0.29) is 5.91 Å². The summed E-state index contributed by atoms with van der Waals surface area (Å²) >= 11 is 0. The number of rotatable bonds is 0. The van der Waals surface area contributed by atoms with Crippen LogP contribution in [-0.4, -0.2) is 28.8 Å². The van der Waals surface area contributed by atoms with Gasteiger partial charge in [0.05, 0.1) is 12.2 Å². The Labute approximate surface area is 76.1 Å². The standard InChI is InChI=1S/C8H12N4O/c1-11-7-2-4-10-12(7)5-3-6(9)8(11)13/h2,4,6H,3,5,9H2,1H3. The lowest BCUT2D eigenvalue weighted by Crippen LogP contribution is -2.40. The van der Waals surface area contributed by atoms with Crippen molar-refractivity contribution < 1.29 is 4.79 Å². The summed E-state index contributed by atoms with van der Waals surface area (Å²) < 4.78 is 1.80. The van der Waals surface area contributed by atoms with Gasteiger partial charge in [-0.3, -0.25) is 9.69 Å². The predicted molar refractivity (Wildman–Crippen MR) is 48.2 cm³/mol. The summed E-state index contributed by atoms with van der Waals surface area (Å²) in [4.78, 5) is 13.1. The van der Waals surface area contributed by atoms with E-state index < -0.39 is 6.04 Å². The minimum Gasteiger partial charge on any atom is -0.320 e. The number of nitrogens with zero attached hydrogens (tertiary/aromatic N) is 3. The van der Waals surface area contributed by atoms with Crippen LogP contribution in [0.3, 0.4) is 0 Å². The normalized spacial score (nSPS) is 22.8. The van der Waals surface area contributed by atoms with Crippen LogP contribution in [0.1, 0.15) is 6.42 Å². The van der Waals surface area contributed by atoms with Gasteiger partial charge in [-0.25, -0.2) is 4.68 Å². The van der Waals surface area contributed by atoms with Crippen LogP contribution in [0.25, 0.3) is 0 Å². The van der Waals surface area contributed by atoms with Gasteiger partial charge in [0.15, 0.2) is 0 Å². The van der Waals surface area contributed by atoms with Crippen LogP contribution >= 0.6 is 0 Å². The highest BCUT2D eigenvalue weighted by Gasteiger charge is 2.25. The molecule has 2 rings (SSSR count). The van der Waals surface area contributed by atoms with Gasteiger partial charge >= 0.3 is 0 Å². The van der Waals surface area contributed by atoms with Crippen molar-refractivity contribution in [2.75, 3.05) is 11.9 Å². The van der Waals surface area contributed by atoms with Crippen molar-refractivity contribution in [3.05, 3.63) is 12.3 Å². The van der Waals surface area contributed by atoms with Crippen molar-refractivity contribution in [1.29, 1.82) is 0 Å². The quantitative estimate of drug-likeness (QED) is 0.589. The van der Waals surface area contributed by atoms with Gasteiger partial charge < -0.3 is 5.73 Å². The first kappa shape index (κ1) is 8.25. The number of likely N-dealkylation sites (N-methyl/N-ethyl adjacent to an activating group) is 1. The number of anilines is 1. The molecule has 5 nitrogen and oxygen atoms in total. The summed E-state index contributed by atoms with van der Waals surface area (Å²) in [5, 5.41) is 4.10. The summed E-state index contributed by atoms with van der Waals surface area (Å²) in [6.07, 6.45) is 2.34. The molecule has 0 fully saturated rings. The topological polar surface area (TPSA) is 64.2 Å². The maximum absolute atomic E-state index is 11.6. The van der Waals surface area contributed by atoms with Crippen molar-refractivity contribution in [2.24, 2.45) is 5.73 Å². The first-order chi connectivity index (χ1) is 6.20. The number of hydrogen-bond acceptors (Lipinski definition) is 3. The number of amides is 1. The average molecular weight is 180 g/mol. The van der Waals surface area contributed by atoms with Crippen molar-refractivity contribution in [3.63, 3.8) is 0 Å². The molecule has 0 saturated heterocycles. The molecule has 1 aromatic rings.